The summed E-state index contributed by atoms with van der Waals surface area (Å²) in [5.41, 5.74) is 0.196. The average Bonchev–Trinajstić information content (AvgIpc) is 2.41. The van der Waals surface area contributed by atoms with Crippen molar-refractivity contribution in [2.24, 2.45) is 0 Å². The lowest BCUT2D eigenvalue weighted by Gasteiger charge is -2.23. The number of rotatable bonds is 6. The second-order valence-electron chi connectivity index (χ2n) is 5.55. The molecule has 0 saturated carbocycles. The molecule has 0 fully saturated rings. The minimum atomic E-state index is -0.577. The normalized spacial score (nSPS) is 12.4. The van der Waals surface area contributed by atoms with Gasteiger partial charge in [-0.05, 0) is 38.5 Å². The fourth-order valence-corrected chi connectivity index (χ4v) is 1.64. The van der Waals surface area contributed by atoms with Crippen LogP contribution in [0.2, 0.25) is 0 Å². The molecule has 1 aromatic carbocycles. The van der Waals surface area contributed by atoms with Gasteiger partial charge in [0, 0.05) is 0 Å². The topological polar surface area (TPSA) is 67.8 Å². The summed E-state index contributed by atoms with van der Waals surface area (Å²) < 4.78 is 10.5. The van der Waals surface area contributed by atoms with Crippen LogP contribution in [0.3, 0.4) is 0 Å². The maximum atomic E-state index is 11.7. The molecule has 1 aromatic rings. The van der Waals surface area contributed by atoms with Gasteiger partial charge in [-0.15, -0.1) is 0 Å². The fraction of sp³-hybridized carbons (Fsp3) is 0.438. The summed E-state index contributed by atoms with van der Waals surface area (Å²) >= 11 is 0. The molecule has 5 heteroatoms. The molecule has 0 saturated heterocycles. The third-order valence-corrected chi connectivity index (χ3v) is 2.52. The van der Waals surface area contributed by atoms with Gasteiger partial charge in [0.2, 0.25) is 0 Å². The maximum absolute atomic E-state index is 11.7. The first kappa shape index (κ1) is 17.0. The predicted molar refractivity (Wildman–Crippen MR) is 81.3 cm³/mol. The zero-order chi connectivity index (χ0) is 15.9. The predicted octanol–water partition coefficient (Wildman–Crippen LogP) is 2.81. The van der Waals surface area contributed by atoms with Crippen LogP contribution in [0.4, 0.5) is 4.79 Å². The van der Waals surface area contributed by atoms with E-state index in [1.807, 2.05) is 0 Å². The molecular formula is C16H23NO4. The van der Waals surface area contributed by atoms with E-state index < -0.39 is 17.7 Å². The number of carbonyl (C=O) groups is 1. The van der Waals surface area contributed by atoms with Crippen LogP contribution in [0.25, 0.3) is 0 Å². The summed E-state index contributed by atoms with van der Waals surface area (Å²) in [6.07, 6.45) is 1.10. The van der Waals surface area contributed by atoms with Crippen LogP contribution in [0, 0.1) is 0 Å². The number of carbonyl (C=O) groups excluding carboxylic acids is 1. The monoisotopic (exact) mass is 293 g/mol. The lowest BCUT2D eigenvalue weighted by Crippen LogP contribution is -2.36. The smallest absolute Gasteiger partial charge is 0.408 e. The summed E-state index contributed by atoms with van der Waals surface area (Å²) in [5.74, 6) is 0.701. The summed E-state index contributed by atoms with van der Waals surface area (Å²) in [6, 6.07) is 6.61. The highest BCUT2D eigenvalue weighted by molar-refractivity contribution is 5.68. The molecule has 1 amide bonds. The van der Waals surface area contributed by atoms with E-state index in [0.717, 1.165) is 5.56 Å². The molecule has 21 heavy (non-hydrogen) atoms. The van der Waals surface area contributed by atoms with Crippen molar-refractivity contribution in [2.75, 3.05) is 13.2 Å². The van der Waals surface area contributed by atoms with E-state index in [1.165, 1.54) is 0 Å². The fourth-order valence-electron chi connectivity index (χ4n) is 1.64. The second-order valence-corrected chi connectivity index (χ2v) is 5.55. The Morgan fingerprint density at radius 3 is 2.48 bits per heavy atom. The minimum Gasteiger partial charge on any atom is -0.490 e. The summed E-state index contributed by atoms with van der Waals surface area (Å²) in [7, 11) is 0. The minimum absolute atomic E-state index is 0.216. The van der Waals surface area contributed by atoms with Crippen LogP contribution < -0.4 is 10.1 Å². The number of aliphatic hydroxyl groups is 1. The number of hydrogen-bond acceptors (Lipinski definition) is 4. The first-order valence-electron chi connectivity index (χ1n) is 6.79. The molecule has 0 aliphatic heterocycles. The van der Waals surface area contributed by atoms with E-state index in [9.17, 15) is 9.90 Å². The Labute approximate surface area is 125 Å². The highest BCUT2D eigenvalue weighted by atomic mass is 16.6. The molecule has 1 atom stereocenters. The number of ether oxygens (including phenoxy) is 2. The molecule has 0 radical (unpaired) electrons. The molecule has 116 valence electrons. The van der Waals surface area contributed by atoms with E-state index in [1.54, 1.807) is 51.1 Å². The van der Waals surface area contributed by atoms with Gasteiger partial charge in [0.25, 0.3) is 0 Å². The largest absolute Gasteiger partial charge is 0.490 e. The van der Waals surface area contributed by atoms with Gasteiger partial charge in [-0.1, -0.05) is 24.8 Å². The van der Waals surface area contributed by atoms with Gasteiger partial charge in [-0.2, -0.15) is 0 Å². The van der Waals surface area contributed by atoms with E-state index in [-0.39, 0.29) is 6.61 Å². The first-order valence-corrected chi connectivity index (χ1v) is 6.79. The highest BCUT2D eigenvalue weighted by Crippen LogP contribution is 2.18. The van der Waals surface area contributed by atoms with Crippen LogP contribution in [0.1, 0.15) is 32.4 Å². The maximum Gasteiger partial charge on any atom is 0.408 e. The highest BCUT2D eigenvalue weighted by Gasteiger charge is 2.20. The molecule has 2 N–H and O–H groups in total. The lowest BCUT2D eigenvalue weighted by molar-refractivity contribution is 0.0482. The molecule has 5 nitrogen and oxygen atoms in total. The first-order chi connectivity index (χ1) is 9.85. The molecular weight excluding hydrogens is 270 g/mol. The average molecular weight is 293 g/mol. The number of amides is 1. The summed E-state index contributed by atoms with van der Waals surface area (Å²) in [6.45, 7) is 9.14. The van der Waals surface area contributed by atoms with E-state index in [2.05, 4.69) is 11.9 Å². The van der Waals surface area contributed by atoms with Crippen molar-refractivity contribution in [1.82, 2.24) is 5.32 Å². The van der Waals surface area contributed by atoms with Gasteiger partial charge in [-0.25, -0.2) is 4.79 Å². The third-order valence-electron chi connectivity index (χ3n) is 2.52. The standard InChI is InChI=1S/C16H23NO4/c1-5-10-20-13-8-6-12(7-9-13)14(11-18)17-15(19)21-16(2,3)4/h5-9,14,18H,1,10-11H2,2-4H3,(H,17,19). The van der Waals surface area contributed by atoms with Gasteiger partial charge in [0.15, 0.2) is 0 Å². The van der Waals surface area contributed by atoms with Crippen molar-refractivity contribution in [2.45, 2.75) is 32.4 Å². The van der Waals surface area contributed by atoms with Crippen molar-refractivity contribution in [3.63, 3.8) is 0 Å². The van der Waals surface area contributed by atoms with Crippen LogP contribution in [-0.2, 0) is 4.74 Å². The SMILES string of the molecule is C=CCOc1ccc(C(CO)NC(=O)OC(C)(C)C)cc1. The van der Waals surface area contributed by atoms with Crippen molar-refractivity contribution in [3.05, 3.63) is 42.5 Å². The van der Waals surface area contributed by atoms with Crippen LogP contribution in [0.15, 0.2) is 36.9 Å². The van der Waals surface area contributed by atoms with E-state index in [4.69, 9.17) is 9.47 Å². The Morgan fingerprint density at radius 2 is 2.00 bits per heavy atom. The van der Waals surface area contributed by atoms with Gasteiger partial charge in [0.05, 0.1) is 12.6 Å². The number of aliphatic hydroxyl groups excluding tert-OH is 1. The third kappa shape index (κ3) is 6.31. The number of benzene rings is 1. The summed E-state index contributed by atoms with van der Waals surface area (Å²) in [4.78, 5) is 11.7. The summed E-state index contributed by atoms with van der Waals surface area (Å²) in [5, 5.41) is 12.1. The van der Waals surface area contributed by atoms with Crippen LogP contribution >= 0.6 is 0 Å². The van der Waals surface area contributed by atoms with Gasteiger partial charge in [0.1, 0.15) is 18.0 Å². The van der Waals surface area contributed by atoms with Gasteiger partial charge < -0.3 is 19.9 Å². The zero-order valence-electron chi connectivity index (χ0n) is 12.8. The van der Waals surface area contributed by atoms with E-state index in [0.29, 0.717) is 12.4 Å². The second kappa shape index (κ2) is 7.69. The quantitative estimate of drug-likeness (QED) is 0.791. The molecule has 0 heterocycles. The van der Waals surface area contributed by atoms with Gasteiger partial charge in [-0.3, -0.25) is 0 Å². The molecule has 0 aliphatic rings. The van der Waals surface area contributed by atoms with Crippen molar-refractivity contribution in [1.29, 1.82) is 0 Å². The lowest BCUT2D eigenvalue weighted by atomic mass is 10.1. The van der Waals surface area contributed by atoms with Crippen molar-refractivity contribution >= 4 is 6.09 Å². The molecule has 0 bridgehead atoms. The molecule has 0 spiro atoms. The Morgan fingerprint density at radius 1 is 1.38 bits per heavy atom. The van der Waals surface area contributed by atoms with Crippen molar-refractivity contribution < 1.29 is 19.4 Å². The molecule has 0 aromatic heterocycles. The number of alkyl carbamates (subject to hydrolysis) is 1. The Balaban J connectivity index is 2.67. The van der Waals surface area contributed by atoms with E-state index >= 15 is 0 Å². The van der Waals surface area contributed by atoms with Crippen molar-refractivity contribution in [3.8, 4) is 5.75 Å². The molecule has 1 rings (SSSR count). The number of hydrogen-bond donors (Lipinski definition) is 2. The Kier molecular flexibility index (Phi) is 6.24. The number of nitrogens with one attached hydrogen (secondary N) is 1. The molecule has 1 unspecified atom stereocenters. The Hall–Kier alpha value is -2.01. The van der Waals surface area contributed by atoms with Crippen LogP contribution in [0.5, 0.6) is 5.75 Å². The molecule has 0 aliphatic carbocycles. The van der Waals surface area contributed by atoms with Crippen LogP contribution in [-0.4, -0.2) is 30.0 Å². The van der Waals surface area contributed by atoms with Gasteiger partial charge >= 0.3 is 6.09 Å². The Bertz CT molecular complexity index is 462. The zero-order valence-corrected chi connectivity index (χ0v) is 12.8.